The molecule has 2 aromatic carbocycles. The third kappa shape index (κ3) is 5.29. The van der Waals surface area contributed by atoms with Crippen LogP contribution in [0.2, 0.25) is 0 Å². The van der Waals surface area contributed by atoms with E-state index in [0.717, 1.165) is 54.0 Å². The van der Waals surface area contributed by atoms with Gasteiger partial charge in [0.15, 0.2) is 0 Å². The zero-order chi connectivity index (χ0) is 22.2. The minimum absolute atomic E-state index is 0.336. The van der Waals surface area contributed by atoms with E-state index < -0.39 is 0 Å². The second-order valence-corrected chi connectivity index (χ2v) is 8.56. The van der Waals surface area contributed by atoms with Gasteiger partial charge in [-0.25, -0.2) is 4.98 Å². The molecule has 4 nitrogen and oxygen atoms in total. The van der Waals surface area contributed by atoms with Gasteiger partial charge in [-0.05, 0) is 61.1 Å². The van der Waals surface area contributed by atoms with Crippen molar-refractivity contribution in [2.24, 2.45) is 0 Å². The van der Waals surface area contributed by atoms with Crippen LogP contribution in [0, 0.1) is 11.3 Å². The Hall–Kier alpha value is -3.32. The monoisotopic (exact) mass is 425 g/mol. The van der Waals surface area contributed by atoms with E-state index in [1.165, 1.54) is 44.1 Å². The van der Waals surface area contributed by atoms with Crippen molar-refractivity contribution in [1.82, 2.24) is 4.98 Å². The van der Waals surface area contributed by atoms with Crippen molar-refractivity contribution in [2.75, 3.05) is 5.73 Å². The van der Waals surface area contributed by atoms with Gasteiger partial charge in [-0.3, -0.25) is 0 Å². The highest BCUT2D eigenvalue weighted by molar-refractivity contribution is 5.80. The van der Waals surface area contributed by atoms with Crippen LogP contribution in [-0.2, 0) is 12.8 Å². The molecular formula is C28H31N3O. The Morgan fingerprint density at radius 3 is 2.16 bits per heavy atom. The number of nitriles is 1. The van der Waals surface area contributed by atoms with Gasteiger partial charge in [0.2, 0.25) is 0 Å². The number of nitrogens with zero attached hydrogens (tertiary/aromatic N) is 2. The number of fused-ring (bicyclic) bond motifs is 1. The fourth-order valence-electron chi connectivity index (χ4n) is 4.59. The topological polar surface area (TPSA) is 71.9 Å². The number of nitrogen functional groups attached to an aromatic ring is 1. The molecule has 164 valence electrons. The van der Waals surface area contributed by atoms with E-state index in [1.54, 1.807) is 0 Å². The number of nitrogens with two attached hydrogens (primary N) is 1. The van der Waals surface area contributed by atoms with E-state index in [2.05, 4.69) is 6.07 Å². The lowest BCUT2D eigenvalue weighted by Gasteiger charge is -2.19. The van der Waals surface area contributed by atoms with Crippen LogP contribution < -0.4 is 10.5 Å². The Bertz CT molecular complexity index is 1090. The van der Waals surface area contributed by atoms with Crippen molar-refractivity contribution in [3.63, 3.8) is 0 Å². The number of hydrogen-bond donors (Lipinski definition) is 1. The van der Waals surface area contributed by atoms with E-state index >= 15 is 0 Å². The summed E-state index contributed by atoms with van der Waals surface area (Å²) in [4.78, 5) is 4.71. The van der Waals surface area contributed by atoms with Gasteiger partial charge in [0.25, 0.3) is 0 Å². The predicted molar refractivity (Wildman–Crippen MR) is 130 cm³/mol. The first-order valence-corrected chi connectivity index (χ1v) is 11.8. The van der Waals surface area contributed by atoms with Gasteiger partial charge in [0, 0.05) is 11.3 Å². The van der Waals surface area contributed by atoms with Gasteiger partial charge in [-0.2, -0.15) is 5.26 Å². The summed E-state index contributed by atoms with van der Waals surface area (Å²) in [7, 11) is 0. The molecule has 0 aliphatic heterocycles. The number of aromatic nitrogens is 1. The van der Waals surface area contributed by atoms with Crippen LogP contribution >= 0.6 is 0 Å². The third-order valence-electron chi connectivity index (χ3n) is 6.22. The molecule has 0 spiro atoms. The summed E-state index contributed by atoms with van der Waals surface area (Å²) in [6.07, 6.45) is 11.7. The minimum atomic E-state index is 0.336. The first-order valence-electron chi connectivity index (χ1n) is 11.8. The zero-order valence-electron chi connectivity index (χ0n) is 18.6. The minimum Gasteiger partial charge on any atom is -0.457 e. The van der Waals surface area contributed by atoms with Crippen LogP contribution in [0.1, 0.15) is 68.2 Å². The molecule has 0 fully saturated rings. The molecule has 0 amide bonds. The lowest BCUT2D eigenvalue weighted by molar-refractivity contribution is 0.483. The number of hydrogen-bond acceptors (Lipinski definition) is 4. The molecule has 0 saturated heterocycles. The van der Waals surface area contributed by atoms with Crippen LogP contribution in [0.25, 0.3) is 11.1 Å². The molecule has 0 atom stereocenters. The summed E-state index contributed by atoms with van der Waals surface area (Å²) in [6.45, 7) is 0. The highest BCUT2D eigenvalue weighted by atomic mass is 16.5. The number of para-hydroxylation sites is 1. The summed E-state index contributed by atoms with van der Waals surface area (Å²) in [5.41, 5.74) is 10.9. The quantitative estimate of drug-likeness (QED) is 0.481. The molecule has 1 heterocycles. The molecule has 4 rings (SSSR count). The van der Waals surface area contributed by atoms with Gasteiger partial charge in [0.05, 0.1) is 0 Å². The smallest absolute Gasteiger partial charge is 0.142 e. The molecule has 1 aliphatic rings. The Balaban J connectivity index is 1.77. The standard InChI is InChI=1S/C28H31N3O/c29-20-25-27(21-13-12-16-23(19-21)32-22-14-8-7-9-15-22)24-17-10-5-3-1-2-4-6-11-18-26(24)31-28(25)30/h7-9,12-16,19H,1-6,10-11,17-18H2,(H2,30,31). The van der Waals surface area contributed by atoms with E-state index in [9.17, 15) is 5.26 Å². The van der Waals surface area contributed by atoms with Crippen molar-refractivity contribution >= 4 is 5.82 Å². The Morgan fingerprint density at radius 2 is 1.44 bits per heavy atom. The van der Waals surface area contributed by atoms with Crippen LogP contribution in [0.4, 0.5) is 5.82 Å². The SMILES string of the molecule is N#Cc1c(N)nc2c(c1-c1cccc(Oc3ccccc3)c1)CCCCCCCCCC2. The van der Waals surface area contributed by atoms with Gasteiger partial charge < -0.3 is 10.5 Å². The average Bonchev–Trinajstić information content (AvgIpc) is 2.80. The number of aryl methyl sites for hydroxylation is 1. The summed E-state index contributed by atoms with van der Waals surface area (Å²) < 4.78 is 6.07. The molecule has 1 aromatic heterocycles. The number of pyridine rings is 1. The Labute approximate surface area is 191 Å². The normalized spacial score (nSPS) is 15.0. The fourth-order valence-corrected chi connectivity index (χ4v) is 4.59. The van der Waals surface area contributed by atoms with Gasteiger partial charge in [0.1, 0.15) is 28.9 Å². The Morgan fingerprint density at radius 1 is 0.781 bits per heavy atom. The van der Waals surface area contributed by atoms with Crippen molar-refractivity contribution in [3.05, 3.63) is 71.4 Å². The summed E-state index contributed by atoms with van der Waals surface area (Å²) in [5, 5.41) is 9.97. The van der Waals surface area contributed by atoms with Crippen molar-refractivity contribution in [3.8, 4) is 28.7 Å². The second kappa shape index (κ2) is 10.8. The second-order valence-electron chi connectivity index (χ2n) is 8.56. The van der Waals surface area contributed by atoms with Gasteiger partial charge in [-0.15, -0.1) is 0 Å². The fraction of sp³-hybridized carbons (Fsp3) is 0.357. The molecule has 0 radical (unpaired) electrons. The summed E-state index contributed by atoms with van der Waals surface area (Å²) in [6, 6.07) is 20.1. The molecule has 0 bridgehead atoms. The highest BCUT2D eigenvalue weighted by Gasteiger charge is 2.20. The van der Waals surface area contributed by atoms with Crippen LogP contribution in [0.5, 0.6) is 11.5 Å². The maximum absolute atomic E-state index is 9.97. The lowest BCUT2D eigenvalue weighted by atomic mass is 9.89. The molecule has 1 aliphatic carbocycles. The third-order valence-corrected chi connectivity index (χ3v) is 6.22. The number of ether oxygens (including phenoxy) is 1. The van der Waals surface area contributed by atoms with Crippen molar-refractivity contribution in [2.45, 2.75) is 64.2 Å². The van der Waals surface area contributed by atoms with E-state index in [0.29, 0.717) is 11.4 Å². The van der Waals surface area contributed by atoms with Crippen molar-refractivity contribution < 1.29 is 4.74 Å². The number of anilines is 1. The van der Waals surface area contributed by atoms with Gasteiger partial charge >= 0.3 is 0 Å². The number of benzene rings is 2. The number of rotatable bonds is 3. The Kier molecular flexibility index (Phi) is 7.40. The molecule has 0 saturated carbocycles. The van der Waals surface area contributed by atoms with Gasteiger partial charge in [-0.1, -0.05) is 68.9 Å². The highest BCUT2D eigenvalue weighted by Crippen LogP contribution is 2.36. The molecule has 2 N–H and O–H groups in total. The average molecular weight is 426 g/mol. The van der Waals surface area contributed by atoms with Crippen LogP contribution in [0.3, 0.4) is 0 Å². The maximum atomic E-state index is 9.97. The molecule has 0 unspecified atom stereocenters. The van der Waals surface area contributed by atoms with Crippen LogP contribution in [-0.4, -0.2) is 4.98 Å². The molecule has 3 aromatic rings. The molecular weight excluding hydrogens is 394 g/mol. The van der Waals surface area contributed by atoms with E-state index in [4.69, 9.17) is 15.5 Å². The maximum Gasteiger partial charge on any atom is 0.142 e. The molecule has 32 heavy (non-hydrogen) atoms. The zero-order valence-corrected chi connectivity index (χ0v) is 18.6. The molecule has 4 heteroatoms. The lowest BCUT2D eigenvalue weighted by Crippen LogP contribution is -2.09. The predicted octanol–water partition coefficient (Wildman–Crippen LogP) is 7.21. The van der Waals surface area contributed by atoms with E-state index in [-0.39, 0.29) is 0 Å². The largest absolute Gasteiger partial charge is 0.457 e. The van der Waals surface area contributed by atoms with Crippen LogP contribution in [0.15, 0.2) is 54.6 Å². The first kappa shape index (κ1) is 21.9. The van der Waals surface area contributed by atoms with Crippen molar-refractivity contribution in [1.29, 1.82) is 5.26 Å². The summed E-state index contributed by atoms with van der Waals surface area (Å²) in [5.74, 6) is 1.87. The van der Waals surface area contributed by atoms with E-state index in [1.807, 2.05) is 54.6 Å². The summed E-state index contributed by atoms with van der Waals surface area (Å²) >= 11 is 0. The first-order chi connectivity index (χ1) is 15.8.